The molecule has 1 fully saturated rings. The minimum absolute atomic E-state index is 0.0963. The van der Waals surface area contributed by atoms with Crippen molar-refractivity contribution in [1.29, 1.82) is 0 Å². The van der Waals surface area contributed by atoms with Crippen molar-refractivity contribution >= 4 is 21.4 Å². The van der Waals surface area contributed by atoms with Crippen LogP contribution in [0.25, 0.3) is 0 Å². The third-order valence-electron chi connectivity index (χ3n) is 2.68. The number of halogens is 1. The maximum atomic E-state index is 11.0. The van der Waals surface area contributed by atoms with E-state index in [1.165, 1.54) is 6.26 Å². The lowest BCUT2D eigenvalue weighted by Gasteiger charge is -2.20. The van der Waals surface area contributed by atoms with Gasteiger partial charge in [0.1, 0.15) is 9.84 Å². The summed E-state index contributed by atoms with van der Waals surface area (Å²) >= 11 is 6.16. The van der Waals surface area contributed by atoms with Crippen molar-refractivity contribution in [2.24, 2.45) is 5.41 Å². The molecule has 0 spiro atoms. The van der Waals surface area contributed by atoms with Crippen molar-refractivity contribution in [3.63, 3.8) is 0 Å². The van der Waals surface area contributed by atoms with Crippen molar-refractivity contribution in [2.45, 2.75) is 19.2 Å². The molecule has 1 saturated heterocycles. The Morgan fingerprint density at radius 3 is 2.43 bits per heavy atom. The van der Waals surface area contributed by atoms with Crippen LogP contribution < -0.4 is 0 Å². The molecule has 0 aromatic rings. The molecule has 1 rings (SSSR count). The first-order chi connectivity index (χ1) is 6.21. The van der Waals surface area contributed by atoms with Crippen LogP contribution >= 0.6 is 11.6 Å². The number of rotatable bonds is 3. The van der Waals surface area contributed by atoms with Gasteiger partial charge in [0.2, 0.25) is 0 Å². The van der Waals surface area contributed by atoms with Gasteiger partial charge in [0.05, 0.1) is 11.1 Å². The maximum absolute atomic E-state index is 11.0. The SMILES string of the molecule is CC1(C)CN(CCS(C)(=O)=O)CC1Cl. The molecule has 14 heavy (non-hydrogen) atoms. The third-order valence-corrected chi connectivity index (χ3v) is 4.33. The standard InChI is InChI=1S/C9H18ClNO2S/c1-9(2)7-11(6-8(9)10)4-5-14(3,12)13/h8H,4-7H2,1-3H3. The number of likely N-dealkylation sites (tertiary alicyclic amines) is 1. The summed E-state index contributed by atoms with van der Waals surface area (Å²) in [4.78, 5) is 2.12. The highest BCUT2D eigenvalue weighted by molar-refractivity contribution is 7.90. The predicted octanol–water partition coefficient (Wildman–Crippen LogP) is 0.980. The van der Waals surface area contributed by atoms with Crippen LogP contribution in [0.4, 0.5) is 0 Å². The second kappa shape index (κ2) is 3.99. The van der Waals surface area contributed by atoms with Gasteiger partial charge in [0.15, 0.2) is 0 Å². The summed E-state index contributed by atoms with van der Waals surface area (Å²) in [5, 5.41) is 0.127. The fraction of sp³-hybridized carbons (Fsp3) is 1.00. The Labute approximate surface area is 91.3 Å². The van der Waals surface area contributed by atoms with Gasteiger partial charge in [-0.3, -0.25) is 0 Å². The molecule has 3 nitrogen and oxygen atoms in total. The average Bonchev–Trinajstić information content (AvgIpc) is 2.21. The van der Waals surface area contributed by atoms with Crippen LogP contribution in [0.5, 0.6) is 0 Å². The third kappa shape index (κ3) is 3.41. The van der Waals surface area contributed by atoms with E-state index in [1.807, 2.05) is 0 Å². The molecular weight excluding hydrogens is 222 g/mol. The van der Waals surface area contributed by atoms with Gasteiger partial charge in [-0.15, -0.1) is 11.6 Å². The quantitative estimate of drug-likeness (QED) is 0.689. The van der Waals surface area contributed by atoms with Crippen LogP contribution in [0.15, 0.2) is 0 Å². The highest BCUT2D eigenvalue weighted by Crippen LogP contribution is 2.33. The molecule has 1 heterocycles. The summed E-state index contributed by atoms with van der Waals surface area (Å²) in [6, 6.07) is 0. The summed E-state index contributed by atoms with van der Waals surface area (Å²) in [6.07, 6.45) is 1.27. The molecule has 0 amide bonds. The van der Waals surface area contributed by atoms with Crippen LogP contribution in [0.2, 0.25) is 0 Å². The van der Waals surface area contributed by atoms with E-state index in [4.69, 9.17) is 11.6 Å². The monoisotopic (exact) mass is 239 g/mol. The second-order valence-corrected chi connectivity index (χ2v) is 7.61. The minimum Gasteiger partial charge on any atom is -0.300 e. The van der Waals surface area contributed by atoms with Gasteiger partial charge in [-0.05, 0) is 5.41 Å². The number of nitrogens with zero attached hydrogens (tertiary/aromatic N) is 1. The second-order valence-electron chi connectivity index (χ2n) is 4.82. The van der Waals surface area contributed by atoms with Crippen LogP contribution in [0.3, 0.4) is 0 Å². The molecule has 0 saturated carbocycles. The van der Waals surface area contributed by atoms with E-state index in [0.717, 1.165) is 13.1 Å². The summed E-state index contributed by atoms with van der Waals surface area (Å²) in [7, 11) is -2.85. The number of sulfone groups is 1. The van der Waals surface area contributed by atoms with Gasteiger partial charge in [-0.25, -0.2) is 8.42 Å². The van der Waals surface area contributed by atoms with E-state index in [-0.39, 0.29) is 16.5 Å². The summed E-state index contributed by atoms with van der Waals surface area (Å²) in [5.74, 6) is 0.229. The number of hydrogen-bond donors (Lipinski definition) is 0. The zero-order chi connectivity index (χ0) is 11.0. The minimum atomic E-state index is -2.85. The number of alkyl halides is 1. The molecule has 0 N–H and O–H groups in total. The Balaban J connectivity index is 2.44. The molecule has 1 aliphatic rings. The Hall–Kier alpha value is 0.200. The van der Waals surface area contributed by atoms with Crippen molar-refractivity contribution in [3.8, 4) is 0 Å². The van der Waals surface area contributed by atoms with Crippen LogP contribution in [-0.2, 0) is 9.84 Å². The van der Waals surface area contributed by atoms with Crippen LogP contribution in [0, 0.1) is 5.41 Å². The van der Waals surface area contributed by atoms with E-state index in [0.29, 0.717) is 6.54 Å². The van der Waals surface area contributed by atoms with E-state index in [2.05, 4.69) is 18.7 Å². The molecule has 0 aliphatic carbocycles. The van der Waals surface area contributed by atoms with Crippen molar-refractivity contribution in [2.75, 3.05) is 31.6 Å². The van der Waals surface area contributed by atoms with Crippen molar-refractivity contribution < 1.29 is 8.42 Å². The van der Waals surface area contributed by atoms with Gasteiger partial charge in [-0.2, -0.15) is 0 Å². The molecule has 0 aromatic heterocycles. The fourth-order valence-corrected chi connectivity index (χ4v) is 2.53. The average molecular weight is 240 g/mol. The van der Waals surface area contributed by atoms with Crippen molar-refractivity contribution in [1.82, 2.24) is 4.90 Å². The molecule has 0 radical (unpaired) electrons. The summed E-state index contributed by atoms with van der Waals surface area (Å²) in [5.41, 5.74) is 0.0963. The Morgan fingerprint density at radius 2 is 2.07 bits per heavy atom. The van der Waals surface area contributed by atoms with Gasteiger partial charge < -0.3 is 4.90 Å². The summed E-state index contributed by atoms with van der Waals surface area (Å²) < 4.78 is 21.9. The van der Waals surface area contributed by atoms with Gasteiger partial charge >= 0.3 is 0 Å². The van der Waals surface area contributed by atoms with E-state index in [1.54, 1.807) is 0 Å². The van der Waals surface area contributed by atoms with E-state index >= 15 is 0 Å². The molecule has 0 aromatic carbocycles. The smallest absolute Gasteiger partial charge is 0.148 e. The van der Waals surface area contributed by atoms with Crippen LogP contribution in [0.1, 0.15) is 13.8 Å². The largest absolute Gasteiger partial charge is 0.300 e. The number of hydrogen-bond acceptors (Lipinski definition) is 3. The predicted molar refractivity (Wildman–Crippen MR) is 59.6 cm³/mol. The topological polar surface area (TPSA) is 37.4 Å². The highest BCUT2D eigenvalue weighted by Gasteiger charge is 2.37. The lowest BCUT2D eigenvalue weighted by molar-refractivity contribution is 0.304. The van der Waals surface area contributed by atoms with E-state index in [9.17, 15) is 8.42 Å². The fourth-order valence-electron chi connectivity index (χ4n) is 1.68. The van der Waals surface area contributed by atoms with E-state index < -0.39 is 9.84 Å². The molecule has 1 atom stereocenters. The molecule has 1 unspecified atom stereocenters. The van der Waals surface area contributed by atoms with Gasteiger partial charge in [-0.1, -0.05) is 13.8 Å². The zero-order valence-electron chi connectivity index (χ0n) is 8.96. The molecule has 5 heteroatoms. The molecular formula is C9H18ClNO2S. The first-order valence-corrected chi connectivity index (χ1v) is 7.24. The molecule has 0 bridgehead atoms. The Bertz CT molecular complexity index is 300. The highest BCUT2D eigenvalue weighted by atomic mass is 35.5. The lowest BCUT2D eigenvalue weighted by Crippen LogP contribution is -2.28. The van der Waals surface area contributed by atoms with Gasteiger partial charge in [0.25, 0.3) is 0 Å². The van der Waals surface area contributed by atoms with Crippen molar-refractivity contribution in [3.05, 3.63) is 0 Å². The zero-order valence-corrected chi connectivity index (χ0v) is 10.5. The summed E-state index contributed by atoms with van der Waals surface area (Å²) in [6.45, 7) is 6.52. The first kappa shape index (κ1) is 12.3. The lowest BCUT2D eigenvalue weighted by atomic mass is 9.93. The normalized spacial score (nSPS) is 28.1. The maximum Gasteiger partial charge on any atom is 0.148 e. The van der Waals surface area contributed by atoms with Crippen LogP contribution in [-0.4, -0.2) is 50.3 Å². The first-order valence-electron chi connectivity index (χ1n) is 4.75. The Kier molecular flexibility index (Phi) is 3.49. The van der Waals surface area contributed by atoms with Gasteiger partial charge in [0, 0.05) is 25.9 Å². The Morgan fingerprint density at radius 1 is 1.50 bits per heavy atom. The molecule has 84 valence electrons. The molecule has 1 aliphatic heterocycles.